The monoisotopic (exact) mass is 150 g/mol. The lowest BCUT2D eigenvalue weighted by molar-refractivity contribution is 0.281. The molecule has 0 amide bonds. The van der Waals surface area contributed by atoms with E-state index in [1.807, 2.05) is 0 Å². The van der Waals surface area contributed by atoms with Gasteiger partial charge in [0.2, 0.25) is 0 Å². The first kappa shape index (κ1) is 7.39. The molecule has 0 spiro atoms. The summed E-state index contributed by atoms with van der Waals surface area (Å²) < 4.78 is 0. The Morgan fingerprint density at radius 1 is 1.64 bits per heavy atom. The van der Waals surface area contributed by atoms with E-state index in [9.17, 15) is 0 Å². The standard InChI is InChI=1S/C11H18/c1-3-4-9-5-6-11(2)8-10(11)7-9/h3,9-10H,1,4-8H2,2H3/t9-,10+,11+/m1/s1. The predicted octanol–water partition coefficient (Wildman–Crippen LogP) is 3.39. The first-order valence-corrected chi connectivity index (χ1v) is 4.85. The van der Waals surface area contributed by atoms with Crippen molar-refractivity contribution in [2.45, 2.75) is 39.0 Å². The van der Waals surface area contributed by atoms with Crippen molar-refractivity contribution in [1.82, 2.24) is 0 Å². The van der Waals surface area contributed by atoms with Crippen molar-refractivity contribution in [3.63, 3.8) is 0 Å². The van der Waals surface area contributed by atoms with Crippen molar-refractivity contribution in [2.75, 3.05) is 0 Å². The Hall–Kier alpha value is -0.260. The van der Waals surface area contributed by atoms with Crippen LogP contribution in [0, 0.1) is 17.3 Å². The second-order valence-electron chi connectivity index (χ2n) is 4.72. The molecule has 0 aliphatic heterocycles. The lowest BCUT2D eigenvalue weighted by Crippen LogP contribution is -2.13. The highest BCUT2D eigenvalue weighted by atomic mass is 14.6. The van der Waals surface area contributed by atoms with Crippen LogP contribution in [-0.2, 0) is 0 Å². The quantitative estimate of drug-likeness (QED) is 0.529. The molecule has 0 aromatic rings. The van der Waals surface area contributed by atoms with Crippen molar-refractivity contribution in [3.05, 3.63) is 12.7 Å². The number of hydrogen-bond acceptors (Lipinski definition) is 0. The number of fused-ring (bicyclic) bond motifs is 1. The van der Waals surface area contributed by atoms with E-state index in [0.29, 0.717) is 0 Å². The summed E-state index contributed by atoms with van der Waals surface area (Å²) in [7, 11) is 0. The molecule has 0 heterocycles. The van der Waals surface area contributed by atoms with Gasteiger partial charge in [-0.05, 0) is 49.4 Å². The molecule has 0 N–H and O–H groups in total. The predicted molar refractivity (Wildman–Crippen MR) is 48.4 cm³/mol. The van der Waals surface area contributed by atoms with E-state index in [1.165, 1.54) is 32.1 Å². The summed E-state index contributed by atoms with van der Waals surface area (Å²) in [6.45, 7) is 6.27. The zero-order chi connectivity index (χ0) is 7.90. The van der Waals surface area contributed by atoms with Crippen LogP contribution in [0.4, 0.5) is 0 Å². The largest absolute Gasteiger partial charge is 0.103 e. The first-order chi connectivity index (χ1) is 5.24. The van der Waals surface area contributed by atoms with Crippen molar-refractivity contribution < 1.29 is 0 Å². The maximum Gasteiger partial charge on any atom is -0.0294 e. The van der Waals surface area contributed by atoms with E-state index in [0.717, 1.165) is 17.3 Å². The Kier molecular flexibility index (Phi) is 1.59. The molecule has 0 aromatic carbocycles. The summed E-state index contributed by atoms with van der Waals surface area (Å²) >= 11 is 0. The van der Waals surface area contributed by atoms with Gasteiger partial charge in [0.05, 0.1) is 0 Å². The van der Waals surface area contributed by atoms with Crippen LogP contribution in [0.5, 0.6) is 0 Å². The first-order valence-electron chi connectivity index (χ1n) is 4.85. The molecule has 2 aliphatic rings. The maximum atomic E-state index is 3.81. The average Bonchev–Trinajstić information content (AvgIpc) is 2.61. The Morgan fingerprint density at radius 3 is 3.09 bits per heavy atom. The second kappa shape index (κ2) is 2.36. The number of rotatable bonds is 2. The Morgan fingerprint density at radius 2 is 2.45 bits per heavy atom. The normalized spacial score (nSPS) is 48.1. The van der Waals surface area contributed by atoms with Gasteiger partial charge in [0.1, 0.15) is 0 Å². The average molecular weight is 150 g/mol. The van der Waals surface area contributed by atoms with E-state index in [2.05, 4.69) is 19.6 Å². The fourth-order valence-corrected chi connectivity index (χ4v) is 2.68. The molecule has 0 aromatic heterocycles. The molecule has 2 fully saturated rings. The van der Waals surface area contributed by atoms with Crippen LogP contribution in [0.1, 0.15) is 39.0 Å². The molecule has 0 unspecified atom stereocenters. The van der Waals surface area contributed by atoms with Crippen LogP contribution in [0.3, 0.4) is 0 Å². The Labute approximate surface area is 69.7 Å². The SMILES string of the molecule is C=CC[C@@H]1CC[C@@]2(C)C[C@@H]2C1. The minimum absolute atomic E-state index is 0.789. The number of hydrogen-bond donors (Lipinski definition) is 0. The summed E-state index contributed by atoms with van der Waals surface area (Å²) in [6, 6.07) is 0. The maximum absolute atomic E-state index is 3.81. The van der Waals surface area contributed by atoms with Gasteiger partial charge >= 0.3 is 0 Å². The van der Waals surface area contributed by atoms with E-state index in [4.69, 9.17) is 0 Å². The lowest BCUT2D eigenvalue weighted by atomic mass is 9.81. The molecule has 0 heteroatoms. The van der Waals surface area contributed by atoms with Gasteiger partial charge in [-0.2, -0.15) is 0 Å². The summed E-state index contributed by atoms with van der Waals surface area (Å²) in [4.78, 5) is 0. The Bertz CT molecular complexity index is 171. The van der Waals surface area contributed by atoms with Crippen LogP contribution in [0.2, 0.25) is 0 Å². The van der Waals surface area contributed by atoms with Gasteiger partial charge < -0.3 is 0 Å². The number of allylic oxidation sites excluding steroid dienone is 1. The van der Waals surface area contributed by atoms with Crippen LogP contribution in [-0.4, -0.2) is 0 Å². The fraction of sp³-hybridized carbons (Fsp3) is 0.818. The highest BCUT2D eigenvalue weighted by Crippen LogP contribution is 2.62. The molecular formula is C11H18. The van der Waals surface area contributed by atoms with Gasteiger partial charge in [0.15, 0.2) is 0 Å². The van der Waals surface area contributed by atoms with Gasteiger partial charge in [-0.25, -0.2) is 0 Å². The van der Waals surface area contributed by atoms with Gasteiger partial charge in [-0.1, -0.05) is 13.0 Å². The third-order valence-corrected chi connectivity index (χ3v) is 3.78. The second-order valence-corrected chi connectivity index (χ2v) is 4.72. The van der Waals surface area contributed by atoms with Crippen LogP contribution < -0.4 is 0 Å². The van der Waals surface area contributed by atoms with Crippen LogP contribution in [0.15, 0.2) is 12.7 Å². The highest BCUT2D eigenvalue weighted by molar-refractivity contribution is 5.03. The van der Waals surface area contributed by atoms with Crippen molar-refractivity contribution >= 4 is 0 Å². The summed E-state index contributed by atoms with van der Waals surface area (Å²) in [6.07, 6.45) is 9.29. The molecule has 2 rings (SSSR count). The van der Waals surface area contributed by atoms with Crippen LogP contribution in [0.25, 0.3) is 0 Å². The van der Waals surface area contributed by atoms with Gasteiger partial charge in [-0.15, -0.1) is 6.58 Å². The van der Waals surface area contributed by atoms with Gasteiger partial charge in [0, 0.05) is 0 Å². The zero-order valence-corrected chi connectivity index (χ0v) is 7.47. The molecule has 3 atom stereocenters. The summed E-state index contributed by atoms with van der Waals surface area (Å²) in [5, 5.41) is 0. The summed E-state index contributed by atoms with van der Waals surface area (Å²) in [5.41, 5.74) is 0.789. The minimum atomic E-state index is 0.789. The molecule has 11 heavy (non-hydrogen) atoms. The molecule has 2 aliphatic carbocycles. The van der Waals surface area contributed by atoms with Crippen molar-refractivity contribution in [3.8, 4) is 0 Å². The lowest BCUT2D eigenvalue weighted by Gasteiger charge is -2.24. The van der Waals surface area contributed by atoms with Gasteiger partial charge in [0.25, 0.3) is 0 Å². The van der Waals surface area contributed by atoms with Crippen molar-refractivity contribution in [1.29, 1.82) is 0 Å². The van der Waals surface area contributed by atoms with Crippen LogP contribution >= 0.6 is 0 Å². The minimum Gasteiger partial charge on any atom is -0.103 e. The Balaban J connectivity index is 1.88. The van der Waals surface area contributed by atoms with E-state index in [1.54, 1.807) is 0 Å². The molecule has 0 nitrogen and oxygen atoms in total. The smallest absolute Gasteiger partial charge is 0.0294 e. The zero-order valence-electron chi connectivity index (χ0n) is 7.47. The molecule has 0 radical (unpaired) electrons. The third-order valence-electron chi connectivity index (χ3n) is 3.78. The van der Waals surface area contributed by atoms with Gasteiger partial charge in [-0.3, -0.25) is 0 Å². The van der Waals surface area contributed by atoms with Crippen molar-refractivity contribution in [2.24, 2.45) is 17.3 Å². The molecular weight excluding hydrogens is 132 g/mol. The van der Waals surface area contributed by atoms with E-state index >= 15 is 0 Å². The van der Waals surface area contributed by atoms with E-state index in [-0.39, 0.29) is 0 Å². The molecule has 0 bridgehead atoms. The highest BCUT2D eigenvalue weighted by Gasteiger charge is 2.52. The molecule has 62 valence electrons. The molecule has 0 saturated heterocycles. The third kappa shape index (κ3) is 1.23. The fourth-order valence-electron chi connectivity index (χ4n) is 2.68. The summed E-state index contributed by atoms with van der Waals surface area (Å²) in [5.74, 6) is 2.06. The topological polar surface area (TPSA) is 0 Å². The van der Waals surface area contributed by atoms with E-state index < -0.39 is 0 Å². The molecule has 2 saturated carbocycles.